The second-order valence-corrected chi connectivity index (χ2v) is 7.08. The van der Waals surface area contributed by atoms with Gasteiger partial charge in [0, 0.05) is 18.7 Å². The van der Waals surface area contributed by atoms with E-state index in [0.29, 0.717) is 18.4 Å². The average Bonchev–Trinajstić information content (AvgIpc) is 2.45. The normalized spacial score (nSPS) is 28.4. The Morgan fingerprint density at radius 1 is 1.27 bits per heavy atom. The summed E-state index contributed by atoms with van der Waals surface area (Å²) in [6.07, 6.45) is 1.44. The molecule has 1 N–H and O–H groups in total. The van der Waals surface area contributed by atoms with Crippen molar-refractivity contribution in [3.05, 3.63) is 23.8 Å². The van der Waals surface area contributed by atoms with Crippen molar-refractivity contribution in [2.45, 2.75) is 33.3 Å². The molecule has 3 rings (SSSR count). The van der Waals surface area contributed by atoms with Crippen LogP contribution in [0.2, 0.25) is 0 Å². The summed E-state index contributed by atoms with van der Waals surface area (Å²) < 4.78 is 5.76. The highest BCUT2D eigenvalue weighted by Gasteiger charge is 2.24. The lowest BCUT2D eigenvalue weighted by Gasteiger charge is -2.34. The smallest absolute Gasteiger partial charge is 0.176 e. The molecule has 0 bridgehead atoms. The Morgan fingerprint density at radius 2 is 2.00 bits per heavy atom. The third-order valence-corrected chi connectivity index (χ3v) is 4.52. The molecule has 2 heterocycles. The number of carbonyl (C=O) groups is 1. The van der Waals surface area contributed by atoms with Crippen molar-refractivity contribution in [3.63, 3.8) is 0 Å². The lowest BCUT2D eigenvalue weighted by molar-refractivity contribution is 0.0849. The van der Waals surface area contributed by atoms with Gasteiger partial charge in [-0.05, 0) is 43.4 Å². The molecule has 0 amide bonds. The molecule has 0 aromatic heterocycles. The first-order valence-electron chi connectivity index (χ1n) is 8.31. The Hall–Kier alpha value is -1.55. The van der Waals surface area contributed by atoms with Gasteiger partial charge in [0.1, 0.15) is 11.9 Å². The predicted molar refractivity (Wildman–Crippen MR) is 88.7 cm³/mol. The van der Waals surface area contributed by atoms with Crippen molar-refractivity contribution in [1.29, 1.82) is 0 Å². The highest BCUT2D eigenvalue weighted by atomic mass is 16.5. The summed E-state index contributed by atoms with van der Waals surface area (Å²) in [7, 11) is 0. The number of hydrogen-bond donors (Lipinski definition) is 1. The number of nitrogens with zero attached hydrogens (tertiary/aromatic N) is 1. The van der Waals surface area contributed by atoms with E-state index in [0.717, 1.165) is 36.6 Å². The Balaban J connectivity index is 1.67. The van der Waals surface area contributed by atoms with Crippen molar-refractivity contribution in [1.82, 2.24) is 4.90 Å². The number of ketones is 1. The number of likely N-dealkylation sites (tertiary alicyclic amines) is 1. The maximum absolute atomic E-state index is 12.6. The average molecular weight is 302 g/mol. The van der Waals surface area contributed by atoms with Gasteiger partial charge in [-0.3, -0.25) is 9.69 Å². The van der Waals surface area contributed by atoms with Crippen LogP contribution in [-0.4, -0.2) is 43.0 Å². The van der Waals surface area contributed by atoms with Crippen LogP contribution in [0.4, 0.5) is 5.69 Å². The predicted octanol–water partition coefficient (Wildman–Crippen LogP) is 3.04. The van der Waals surface area contributed by atoms with Crippen molar-refractivity contribution in [2.24, 2.45) is 11.8 Å². The van der Waals surface area contributed by atoms with E-state index in [1.165, 1.54) is 6.42 Å². The zero-order valence-corrected chi connectivity index (χ0v) is 13.8. The van der Waals surface area contributed by atoms with Crippen LogP contribution in [0.15, 0.2) is 18.2 Å². The molecule has 2 aliphatic rings. The quantitative estimate of drug-likeness (QED) is 0.871. The standard InChI is InChI=1S/C18H26N2O2/c1-12-6-13(2)10-20(9-12)11-17(21)15-4-5-18-16(7-15)19-8-14(3)22-18/h4-5,7,12-14,19H,6,8-11H2,1-3H3. The van der Waals surface area contributed by atoms with Crippen LogP contribution in [0, 0.1) is 11.8 Å². The van der Waals surface area contributed by atoms with E-state index in [1.807, 2.05) is 25.1 Å². The molecule has 3 atom stereocenters. The van der Waals surface area contributed by atoms with Gasteiger partial charge >= 0.3 is 0 Å². The van der Waals surface area contributed by atoms with Crippen LogP contribution in [0.3, 0.4) is 0 Å². The molecule has 0 aliphatic carbocycles. The Labute approximate surface area is 132 Å². The van der Waals surface area contributed by atoms with Gasteiger partial charge in [0.05, 0.1) is 18.8 Å². The molecular weight excluding hydrogens is 276 g/mol. The fourth-order valence-electron chi connectivity index (χ4n) is 3.67. The van der Waals surface area contributed by atoms with E-state index < -0.39 is 0 Å². The van der Waals surface area contributed by atoms with E-state index in [2.05, 4.69) is 24.1 Å². The summed E-state index contributed by atoms with van der Waals surface area (Å²) in [6, 6.07) is 5.73. The molecule has 0 spiro atoms. The molecule has 120 valence electrons. The highest BCUT2D eigenvalue weighted by molar-refractivity contribution is 5.98. The van der Waals surface area contributed by atoms with Gasteiger partial charge in [-0.15, -0.1) is 0 Å². The van der Waals surface area contributed by atoms with Crippen LogP contribution < -0.4 is 10.1 Å². The zero-order valence-electron chi connectivity index (χ0n) is 13.8. The Bertz CT molecular complexity index is 548. The number of piperidine rings is 1. The largest absolute Gasteiger partial charge is 0.487 e. The SMILES string of the molecule is CC1CC(C)CN(CC(=O)c2ccc3c(c2)NCC(C)O3)C1. The third-order valence-electron chi connectivity index (χ3n) is 4.52. The van der Waals surface area contributed by atoms with E-state index >= 15 is 0 Å². The molecule has 1 aromatic rings. The number of benzene rings is 1. The first-order chi connectivity index (χ1) is 10.5. The summed E-state index contributed by atoms with van der Waals surface area (Å²) in [5.74, 6) is 2.40. The second kappa shape index (κ2) is 6.29. The van der Waals surface area contributed by atoms with Crippen LogP contribution in [0.25, 0.3) is 0 Å². The van der Waals surface area contributed by atoms with Crippen LogP contribution in [0.1, 0.15) is 37.6 Å². The van der Waals surface area contributed by atoms with Gasteiger partial charge in [-0.2, -0.15) is 0 Å². The minimum absolute atomic E-state index is 0.172. The van der Waals surface area contributed by atoms with Gasteiger partial charge in [0.15, 0.2) is 5.78 Å². The lowest BCUT2D eigenvalue weighted by atomic mass is 9.91. The van der Waals surface area contributed by atoms with Crippen molar-refractivity contribution >= 4 is 11.5 Å². The Morgan fingerprint density at radius 3 is 2.73 bits per heavy atom. The molecule has 0 saturated carbocycles. The molecule has 4 nitrogen and oxygen atoms in total. The van der Waals surface area contributed by atoms with Crippen molar-refractivity contribution in [3.8, 4) is 5.75 Å². The van der Waals surface area contributed by atoms with E-state index in [9.17, 15) is 4.79 Å². The lowest BCUT2D eigenvalue weighted by Crippen LogP contribution is -2.41. The third kappa shape index (κ3) is 3.43. The molecule has 0 radical (unpaired) electrons. The summed E-state index contributed by atoms with van der Waals surface area (Å²) in [5, 5.41) is 3.33. The number of fused-ring (bicyclic) bond motifs is 1. The second-order valence-electron chi connectivity index (χ2n) is 7.08. The first kappa shape index (κ1) is 15.3. The fourth-order valence-corrected chi connectivity index (χ4v) is 3.67. The number of carbonyl (C=O) groups excluding carboxylic acids is 1. The molecule has 22 heavy (non-hydrogen) atoms. The summed E-state index contributed by atoms with van der Waals surface area (Å²) in [4.78, 5) is 14.9. The topological polar surface area (TPSA) is 41.6 Å². The number of Topliss-reactive ketones (excluding diaryl/α,β-unsaturated/α-hetero) is 1. The monoisotopic (exact) mass is 302 g/mol. The van der Waals surface area contributed by atoms with Crippen molar-refractivity contribution < 1.29 is 9.53 Å². The van der Waals surface area contributed by atoms with E-state index in [-0.39, 0.29) is 11.9 Å². The molecule has 1 fully saturated rings. The summed E-state index contributed by atoms with van der Waals surface area (Å²) in [5.41, 5.74) is 1.71. The van der Waals surface area contributed by atoms with Crippen LogP contribution in [0.5, 0.6) is 5.75 Å². The van der Waals surface area contributed by atoms with Gasteiger partial charge in [0.25, 0.3) is 0 Å². The minimum Gasteiger partial charge on any atom is -0.487 e. The van der Waals surface area contributed by atoms with Crippen LogP contribution >= 0.6 is 0 Å². The number of rotatable bonds is 3. The van der Waals surface area contributed by atoms with Gasteiger partial charge in [0.2, 0.25) is 0 Å². The Kier molecular flexibility index (Phi) is 4.39. The molecule has 2 aliphatic heterocycles. The number of anilines is 1. The molecule has 4 heteroatoms. The zero-order chi connectivity index (χ0) is 15.7. The van der Waals surface area contributed by atoms with Gasteiger partial charge < -0.3 is 10.1 Å². The van der Waals surface area contributed by atoms with E-state index in [1.54, 1.807) is 0 Å². The number of hydrogen-bond acceptors (Lipinski definition) is 4. The molecule has 1 aromatic carbocycles. The maximum atomic E-state index is 12.6. The first-order valence-corrected chi connectivity index (χ1v) is 8.31. The number of ether oxygens (including phenoxy) is 1. The minimum atomic E-state index is 0.172. The van der Waals surface area contributed by atoms with Gasteiger partial charge in [-0.25, -0.2) is 0 Å². The number of nitrogens with one attached hydrogen (secondary N) is 1. The molecular formula is C18H26N2O2. The molecule has 3 unspecified atom stereocenters. The molecule has 1 saturated heterocycles. The maximum Gasteiger partial charge on any atom is 0.176 e. The highest BCUT2D eigenvalue weighted by Crippen LogP contribution is 2.30. The summed E-state index contributed by atoms with van der Waals surface area (Å²) >= 11 is 0. The van der Waals surface area contributed by atoms with Crippen LogP contribution in [-0.2, 0) is 0 Å². The summed E-state index contributed by atoms with van der Waals surface area (Å²) in [6.45, 7) is 9.94. The van der Waals surface area contributed by atoms with Crippen molar-refractivity contribution in [2.75, 3.05) is 31.5 Å². The fraction of sp³-hybridized carbons (Fsp3) is 0.611. The van der Waals surface area contributed by atoms with Gasteiger partial charge in [-0.1, -0.05) is 13.8 Å². The van der Waals surface area contributed by atoms with E-state index in [4.69, 9.17) is 4.74 Å².